The van der Waals surface area contributed by atoms with E-state index in [-0.39, 0.29) is 24.7 Å². The maximum absolute atomic E-state index is 13.3. The Balaban J connectivity index is 1.78. The molecule has 0 aliphatic heterocycles. The van der Waals surface area contributed by atoms with Gasteiger partial charge in [-0.1, -0.05) is 18.2 Å². The molecular weight excluding hydrogens is 264 g/mol. The van der Waals surface area contributed by atoms with Crippen molar-refractivity contribution in [1.29, 1.82) is 0 Å². The number of hydrogen-bond acceptors (Lipinski definition) is 3. The first-order chi connectivity index (χ1) is 9.65. The van der Waals surface area contributed by atoms with Gasteiger partial charge in [0.25, 0.3) is 0 Å². The Bertz CT molecular complexity index is 563. The zero-order valence-electron chi connectivity index (χ0n) is 10.7. The molecule has 2 aromatic carbocycles. The lowest BCUT2D eigenvalue weighted by Crippen LogP contribution is -2.26. The number of aliphatic hydroxyl groups excluding tert-OH is 1. The van der Waals surface area contributed by atoms with Crippen LogP contribution < -0.4 is 10.1 Å². The molecular formula is C15H15F2NO2. The van der Waals surface area contributed by atoms with Gasteiger partial charge in [0.05, 0.1) is 0 Å². The van der Waals surface area contributed by atoms with Crippen LogP contribution in [0.4, 0.5) is 14.5 Å². The Morgan fingerprint density at radius 2 is 1.90 bits per heavy atom. The smallest absolute Gasteiger partial charge is 0.165 e. The lowest BCUT2D eigenvalue weighted by molar-refractivity contribution is 0.115. The number of halogens is 2. The maximum Gasteiger partial charge on any atom is 0.165 e. The summed E-state index contributed by atoms with van der Waals surface area (Å²) < 4.78 is 31.4. The third kappa shape index (κ3) is 4.20. The first-order valence-corrected chi connectivity index (χ1v) is 6.20. The highest BCUT2D eigenvalue weighted by atomic mass is 19.1. The van der Waals surface area contributed by atoms with E-state index in [2.05, 4.69) is 5.32 Å². The third-order valence-corrected chi connectivity index (χ3v) is 2.63. The minimum Gasteiger partial charge on any atom is -0.488 e. The molecule has 5 heteroatoms. The van der Waals surface area contributed by atoms with Crippen LogP contribution in [0.3, 0.4) is 0 Å². The van der Waals surface area contributed by atoms with Crippen molar-refractivity contribution in [2.24, 2.45) is 0 Å². The molecule has 0 aliphatic rings. The molecule has 0 radical (unpaired) electrons. The van der Waals surface area contributed by atoms with Gasteiger partial charge < -0.3 is 15.2 Å². The Kier molecular flexibility index (Phi) is 4.90. The van der Waals surface area contributed by atoms with Gasteiger partial charge in [0, 0.05) is 12.2 Å². The lowest BCUT2D eigenvalue weighted by Gasteiger charge is -2.14. The van der Waals surface area contributed by atoms with Gasteiger partial charge in [0.1, 0.15) is 18.5 Å². The normalized spacial score (nSPS) is 11.9. The summed E-state index contributed by atoms with van der Waals surface area (Å²) in [7, 11) is 0. The number of anilines is 1. The van der Waals surface area contributed by atoms with E-state index in [1.54, 1.807) is 24.3 Å². The Hall–Kier alpha value is -2.14. The SMILES string of the molecule is OC(CNc1cccc(F)c1)COc1ccccc1F. The van der Waals surface area contributed by atoms with E-state index in [0.29, 0.717) is 5.69 Å². The summed E-state index contributed by atoms with van der Waals surface area (Å²) >= 11 is 0. The molecule has 2 rings (SSSR count). The van der Waals surface area contributed by atoms with E-state index in [1.165, 1.54) is 24.3 Å². The first-order valence-electron chi connectivity index (χ1n) is 6.20. The predicted molar refractivity (Wildman–Crippen MR) is 72.8 cm³/mol. The Morgan fingerprint density at radius 1 is 1.10 bits per heavy atom. The second-order valence-corrected chi connectivity index (χ2v) is 4.29. The summed E-state index contributed by atoms with van der Waals surface area (Å²) in [6, 6.07) is 11.9. The van der Waals surface area contributed by atoms with E-state index in [1.807, 2.05) is 0 Å². The molecule has 3 nitrogen and oxygen atoms in total. The van der Waals surface area contributed by atoms with Gasteiger partial charge in [0.2, 0.25) is 0 Å². The Labute approximate surface area is 115 Å². The molecule has 0 saturated carbocycles. The van der Waals surface area contributed by atoms with Crippen molar-refractivity contribution in [1.82, 2.24) is 0 Å². The van der Waals surface area contributed by atoms with Crippen LogP contribution in [0.2, 0.25) is 0 Å². The minimum atomic E-state index is -0.835. The fourth-order valence-electron chi connectivity index (χ4n) is 1.64. The molecule has 1 atom stereocenters. The van der Waals surface area contributed by atoms with E-state index < -0.39 is 11.9 Å². The highest BCUT2D eigenvalue weighted by molar-refractivity contribution is 5.43. The van der Waals surface area contributed by atoms with E-state index in [9.17, 15) is 13.9 Å². The van der Waals surface area contributed by atoms with Crippen LogP contribution in [0.5, 0.6) is 5.75 Å². The van der Waals surface area contributed by atoms with Crippen molar-refractivity contribution >= 4 is 5.69 Å². The zero-order chi connectivity index (χ0) is 14.4. The summed E-state index contributed by atoms with van der Waals surface area (Å²) in [5, 5.41) is 12.6. The van der Waals surface area contributed by atoms with Gasteiger partial charge >= 0.3 is 0 Å². The average Bonchev–Trinajstić information content (AvgIpc) is 2.44. The summed E-state index contributed by atoms with van der Waals surface area (Å²) in [4.78, 5) is 0. The molecule has 0 aliphatic carbocycles. The predicted octanol–water partition coefficient (Wildman–Crippen LogP) is 2.82. The molecule has 0 amide bonds. The lowest BCUT2D eigenvalue weighted by atomic mass is 10.3. The molecule has 2 N–H and O–H groups in total. The van der Waals surface area contributed by atoms with Crippen molar-refractivity contribution in [3.8, 4) is 5.75 Å². The van der Waals surface area contributed by atoms with Gasteiger partial charge in [-0.05, 0) is 30.3 Å². The minimum absolute atomic E-state index is 0.0523. The van der Waals surface area contributed by atoms with Crippen LogP contribution in [0, 0.1) is 11.6 Å². The molecule has 0 heterocycles. The molecule has 0 saturated heterocycles. The largest absolute Gasteiger partial charge is 0.488 e. The van der Waals surface area contributed by atoms with Gasteiger partial charge in [-0.25, -0.2) is 8.78 Å². The van der Waals surface area contributed by atoms with Crippen molar-refractivity contribution < 1.29 is 18.6 Å². The van der Waals surface area contributed by atoms with Crippen molar-refractivity contribution in [3.63, 3.8) is 0 Å². The number of ether oxygens (including phenoxy) is 1. The van der Waals surface area contributed by atoms with Crippen LogP contribution >= 0.6 is 0 Å². The molecule has 0 fully saturated rings. The highest BCUT2D eigenvalue weighted by Crippen LogP contribution is 2.15. The monoisotopic (exact) mass is 279 g/mol. The van der Waals surface area contributed by atoms with Crippen LogP contribution in [-0.2, 0) is 0 Å². The standard InChI is InChI=1S/C15H15F2NO2/c16-11-4-3-5-12(8-11)18-9-13(19)10-20-15-7-2-1-6-14(15)17/h1-8,13,18-19H,9-10H2. The van der Waals surface area contributed by atoms with Gasteiger partial charge in [-0.3, -0.25) is 0 Å². The molecule has 1 unspecified atom stereocenters. The molecule has 106 valence electrons. The molecule has 2 aromatic rings. The van der Waals surface area contributed by atoms with Gasteiger partial charge in [-0.15, -0.1) is 0 Å². The molecule has 0 bridgehead atoms. The second kappa shape index (κ2) is 6.86. The second-order valence-electron chi connectivity index (χ2n) is 4.29. The molecule has 20 heavy (non-hydrogen) atoms. The van der Waals surface area contributed by atoms with E-state index >= 15 is 0 Å². The molecule has 0 spiro atoms. The number of hydrogen-bond donors (Lipinski definition) is 2. The fraction of sp³-hybridized carbons (Fsp3) is 0.200. The summed E-state index contributed by atoms with van der Waals surface area (Å²) in [6.45, 7) is 0.126. The molecule has 0 aromatic heterocycles. The van der Waals surface area contributed by atoms with Gasteiger partial charge in [-0.2, -0.15) is 0 Å². The van der Waals surface area contributed by atoms with Crippen LogP contribution in [0.15, 0.2) is 48.5 Å². The highest BCUT2D eigenvalue weighted by Gasteiger charge is 2.07. The zero-order valence-corrected chi connectivity index (χ0v) is 10.7. The quantitative estimate of drug-likeness (QED) is 0.854. The number of aliphatic hydroxyl groups is 1. The van der Waals surface area contributed by atoms with E-state index in [4.69, 9.17) is 4.74 Å². The van der Waals surface area contributed by atoms with E-state index in [0.717, 1.165) is 0 Å². The number of nitrogens with one attached hydrogen (secondary N) is 1. The van der Waals surface area contributed by atoms with Gasteiger partial charge in [0.15, 0.2) is 11.6 Å². The summed E-state index contributed by atoms with van der Waals surface area (Å²) in [6.07, 6.45) is -0.835. The maximum atomic E-state index is 13.3. The van der Waals surface area contributed by atoms with Crippen molar-refractivity contribution in [2.75, 3.05) is 18.5 Å². The van der Waals surface area contributed by atoms with Crippen LogP contribution in [0.25, 0.3) is 0 Å². The fourth-order valence-corrected chi connectivity index (χ4v) is 1.64. The van der Waals surface area contributed by atoms with Crippen molar-refractivity contribution in [3.05, 3.63) is 60.2 Å². The third-order valence-electron chi connectivity index (χ3n) is 2.63. The van der Waals surface area contributed by atoms with Crippen molar-refractivity contribution in [2.45, 2.75) is 6.10 Å². The van der Waals surface area contributed by atoms with Crippen LogP contribution in [0.1, 0.15) is 0 Å². The topological polar surface area (TPSA) is 41.5 Å². The Morgan fingerprint density at radius 3 is 2.65 bits per heavy atom. The van der Waals surface area contributed by atoms with Crippen LogP contribution in [-0.4, -0.2) is 24.4 Å². The first kappa shape index (κ1) is 14.3. The number of rotatable bonds is 6. The number of benzene rings is 2. The summed E-state index contributed by atoms with van der Waals surface area (Å²) in [5.41, 5.74) is 0.565. The average molecular weight is 279 g/mol. The summed E-state index contributed by atoms with van der Waals surface area (Å²) in [5.74, 6) is -0.734. The number of para-hydroxylation sites is 1.